The summed E-state index contributed by atoms with van der Waals surface area (Å²) < 4.78 is 25.9. The molecule has 1 fully saturated rings. The largest absolute Gasteiger partial charge is 0.337 e. The van der Waals surface area contributed by atoms with Gasteiger partial charge in [-0.2, -0.15) is 0 Å². The molecule has 1 aliphatic heterocycles. The molecule has 1 amide bonds. The summed E-state index contributed by atoms with van der Waals surface area (Å²) in [6.45, 7) is 4.95. The fraction of sp³-hybridized carbons (Fsp3) is 0.500. The van der Waals surface area contributed by atoms with Crippen molar-refractivity contribution in [3.63, 3.8) is 0 Å². The maximum atomic E-state index is 13.1. The molecule has 1 saturated heterocycles. The summed E-state index contributed by atoms with van der Waals surface area (Å²) in [5.41, 5.74) is 0.609. The first-order chi connectivity index (χ1) is 8.97. The molecule has 0 saturated carbocycles. The first kappa shape index (κ1) is 13.9. The summed E-state index contributed by atoms with van der Waals surface area (Å²) >= 11 is 0. The molecular weight excluding hydrogens is 250 g/mol. The number of likely N-dealkylation sites (tertiary alicyclic amines) is 1. The number of rotatable bonds is 4. The molecule has 1 aliphatic rings. The molecule has 1 atom stereocenters. The predicted molar refractivity (Wildman–Crippen MR) is 68.5 cm³/mol. The van der Waals surface area contributed by atoms with Gasteiger partial charge in [0.2, 0.25) is 5.91 Å². The van der Waals surface area contributed by atoms with Crippen molar-refractivity contribution in [1.82, 2.24) is 10.2 Å². The number of benzene rings is 1. The number of hydrogen-bond acceptors (Lipinski definition) is 2. The molecule has 1 N–H and O–H groups in total. The third-order valence-electron chi connectivity index (χ3n) is 3.19. The normalized spacial score (nSPS) is 19.5. The highest BCUT2D eigenvalue weighted by molar-refractivity contribution is 5.84. The van der Waals surface area contributed by atoms with E-state index in [2.05, 4.69) is 5.32 Å². The lowest BCUT2D eigenvalue weighted by molar-refractivity contribution is -0.130. The van der Waals surface area contributed by atoms with Crippen LogP contribution in [0.5, 0.6) is 0 Å². The lowest BCUT2D eigenvalue weighted by Crippen LogP contribution is -2.41. The van der Waals surface area contributed by atoms with Crippen LogP contribution in [0.25, 0.3) is 0 Å². The van der Waals surface area contributed by atoms with Gasteiger partial charge < -0.3 is 10.2 Å². The van der Waals surface area contributed by atoms with E-state index in [4.69, 9.17) is 0 Å². The Kier molecular flexibility index (Phi) is 4.14. The van der Waals surface area contributed by atoms with Crippen molar-refractivity contribution >= 4 is 5.91 Å². The first-order valence-corrected chi connectivity index (χ1v) is 6.46. The van der Waals surface area contributed by atoms with E-state index >= 15 is 0 Å². The van der Waals surface area contributed by atoms with Crippen LogP contribution in [0.1, 0.15) is 25.8 Å². The smallest absolute Gasteiger partial charge is 0.240 e. The Labute approximate surface area is 111 Å². The molecule has 1 heterocycles. The fourth-order valence-corrected chi connectivity index (χ4v) is 2.31. The second-order valence-corrected chi connectivity index (χ2v) is 5.17. The molecule has 19 heavy (non-hydrogen) atoms. The summed E-state index contributed by atoms with van der Waals surface area (Å²) in [4.78, 5) is 13.8. The molecule has 0 radical (unpaired) electrons. The molecule has 1 unspecified atom stereocenters. The van der Waals surface area contributed by atoms with Crippen LogP contribution in [-0.4, -0.2) is 29.4 Å². The minimum absolute atomic E-state index is 0.0263. The second-order valence-electron chi connectivity index (χ2n) is 5.17. The first-order valence-electron chi connectivity index (χ1n) is 6.46. The van der Waals surface area contributed by atoms with Crippen molar-refractivity contribution in [2.75, 3.05) is 6.54 Å². The summed E-state index contributed by atoms with van der Waals surface area (Å²) in [6.07, 6.45) is 0.751. The quantitative estimate of drug-likeness (QED) is 0.906. The van der Waals surface area contributed by atoms with Gasteiger partial charge in [-0.05, 0) is 24.1 Å². The highest BCUT2D eigenvalue weighted by atomic mass is 19.2. The zero-order chi connectivity index (χ0) is 14.0. The van der Waals surface area contributed by atoms with Crippen LogP contribution in [-0.2, 0) is 11.3 Å². The van der Waals surface area contributed by atoms with Crippen LogP contribution >= 0.6 is 0 Å². The van der Waals surface area contributed by atoms with Gasteiger partial charge in [-0.15, -0.1) is 0 Å². The average molecular weight is 268 g/mol. The molecule has 104 valence electrons. The zero-order valence-electron chi connectivity index (χ0n) is 11.1. The Bertz CT molecular complexity index is 477. The molecule has 0 aliphatic carbocycles. The van der Waals surface area contributed by atoms with E-state index in [1.165, 1.54) is 6.07 Å². The highest BCUT2D eigenvalue weighted by Gasteiger charge is 2.31. The monoisotopic (exact) mass is 268 g/mol. The zero-order valence-corrected chi connectivity index (χ0v) is 11.1. The number of amides is 1. The Morgan fingerprint density at radius 2 is 2.11 bits per heavy atom. The van der Waals surface area contributed by atoms with Gasteiger partial charge in [0, 0.05) is 19.1 Å². The van der Waals surface area contributed by atoms with Crippen LogP contribution in [0.2, 0.25) is 0 Å². The Hall–Kier alpha value is -1.49. The fourth-order valence-electron chi connectivity index (χ4n) is 2.31. The summed E-state index contributed by atoms with van der Waals surface area (Å²) in [7, 11) is 0. The predicted octanol–water partition coefficient (Wildman–Crippen LogP) is 2.06. The summed E-state index contributed by atoms with van der Waals surface area (Å²) in [5, 5.41) is 3.20. The van der Waals surface area contributed by atoms with Crippen LogP contribution < -0.4 is 5.32 Å². The number of carbonyl (C=O) groups excluding carboxylic acids is 1. The van der Waals surface area contributed by atoms with E-state index < -0.39 is 11.6 Å². The number of hydrogen-bond donors (Lipinski definition) is 1. The van der Waals surface area contributed by atoms with E-state index in [-0.39, 0.29) is 18.0 Å². The van der Waals surface area contributed by atoms with Gasteiger partial charge in [0.25, 0.3) is 0 Å². The van der Waals surface area contributed by atoms with Gasteiger partial charge in [0.15, 0.2) is 11.6 Å². The molecule has 0 spiro atoms. The molecule has 1 aromatic carbocycles. The number of nitrogens with one attached hydrogen (secondary N) is 1. The van der Waals surface area contributed by atoms with Crippen molar-refractivity contribution in [2.45, 2.75) is 38.9 Å². The van der Waals surface area contributed by atoms with Gasteiger partial charge in [-0.3, -0.25) is 4.79 Å². The maximum absolute atomic E-state index is 13.1. The third-order valence-corrected chi connectivity index (χ3v) is 3.19. The molecule has 1 aromatic rings. The summed E-state index contributed by atoms with van der Waals surface area (Å²) in [6, 6.07) is 3.83. The van der Waals surface area contributed by atoms with E-state index in [0.29, 0.717) is 18.7 Å². The highest BCUT2D eigenvalue weighted by Crippen LogP contribution is 2.17. The minimum atomic E-state index is -0.874. The van der Waals surface area contributed by atoms with Crippen molar-refractivity contribution in [3.05, 3.63) is 35.4 Å². The molecular formula is C14H18F2N2O. The van der Waals surface area contributed by atoms with Crippen molar-refractivity contribution in [2.24, 2.45) is 0 Å². The Morgan fingerprint density at radius 1 is 1.37 bits per heavy atom. The standard InChI is InChI=1S/C14H18F2N2O/c1-9(2)17-13-5-6-18(14(13)19)8-10-3-4-11(15)12(16)7-10/h3-4,7,9,13,17H,5-6,8H2,1-2H3. The third kappa shape index (κ3) is 3.29. The van der Waals surface area contributed by atoms with Gasteiger partial charge >= 0.3 is 0 Å². The lowest BCUT2D eigenvalue weighted by atomic mass is 10.2. The molecule has 2 rings (SSSR count). The maximum Gasteiger partial charge on any atom is 0.240 e. The topological polar surface area (TPSA) is 32.3 Å². The molecule has 0 bridgehead atoms. The molecule has 3 nitrogen and oxygen atoms in total. The minimum Gasteiger partial charge on any atom is -0.337 e. The number of nitrogens with zero attached hydrogens (tertiary/aromatic N) is 1. The van der Waals surface area contributed by atoms with E-state index in [1.807, 2.05) is 13.8 Å². The summed E-state index contributed by atoms with van der Waals surface area (Å²) in [5.74, 6) is -1.71. The van der Waals surface area contributed by atoms with Crippen molar-refractivity contribution in [3.8, 4) is 0 Å². The van der Waals surface area contributed by atoms with E-state index in [9.17, 15) is 13.6 Å². The van der Waals surface area contributed by atoms with E-state index in [0.717, 1.165) is 18.6 Å². The number of carbonyl (C=O) groups is 1. The van der Waals surface area contributed by atoms with Gasteiger partial charge in [0.1, 0.15) is 0 Å². The Balaban J connectivity index is 2.00. The molecule has 0 aromatic heterocycles. The van der Waals surface area contributed by atoms with E-state index in [1.54, 1.807) is 4.90 Å². The molecule has 5 heteroatoms. The lowest BCUT2D eigenvalue weighted by Gasteiger charge is -2.18. The van der Waals surface area contributed by atoms with Crippen LogP contribution in [0.15, 0.2) is 18.2 Å². The van der Waals surface area contributed by atoms with Gasteiger partial charge in [-0.1, -0.05) is 19.9 Å². The Morgan fingerprint density at radius 3 is 2.74 bits per heavy atom. The van der Waals surface area contributed by atoms with Crippen molar-refractivity contribution in [1.29, 1.82) is 0 Å². The van der Waals surface area contributed by atoms with Crippen molar-refractivity contribution < 1.29 is 13.6 Å². The van der Waals surface area contributed by atoms with Gasteiger partial charge in [-0.25, -0.2) is 8.78 Å². The second kappa shape index (κ2) is 5.65. The van der Waals surface area contributed by atoms with Crippen LogP contribution in [0, 0.1) is 11.6 Å². The van der Waals surface area contributed by atoms with Crippen LogP contribution in [0.4, 0.5) is 8.78 Å². The average Bonchev–Trinajstić information content (AvgIpc) is 2.66. The van der Waals surface area contributed by atoms with Gasteiger partial charge in [0.05, 0.1) is 6.04 Å². The number of halogens is 2. The SMILES string of the molecule is CC(C)NC1CCN(Cc2ccc(F)c(F)c2)C1=O. The van der Waals surface area contributed by atoms with Crippen LogP contribution in [0.3, 0.4) is 0 Å².